The highest BCUT2D eigenvalue weighted by molar-refractivity contribution is 5.85. The van der Waals surface area contributed by atoms with Gasteiger partial charge in [0.2, 0.25) is 0 Å². The lowest BCUT2D eigenvalue weighted by Gasteiger charge is -1.95. The standard InChI is InChI=1S/C5H8O3.ClH/c6-5(7)4-1-2-8-3-4;/h4H,1-3H2,(H,6,7);1H. The summed E-state index contributed by atoms with van der Waals surface area (Å²) in [6.07, 6.45) is 0.676. The van der Waals surface area contributed by atoms with Crippen LogP contribution >= 0.6 is 12.4 Å². The molecule has 0 aliphatic carbocycles. The van der Waals surface area contributed by atoms with Gasteiger partial charge in [-0.05, 0) is 6.42 Å². The van der Waals surface area contributed by atoms with E-state index in [0.717, 1.165) is 0 Å². The lowest BCUT2D eigenvalue weighted by atomic mass is 10.1. The van der Waals surface area contributed by atoms with Crippen LogP contribution in [0.25, 0.3) is 0 Å². The molecule has 9 heavy (non-hydrogen) atoms. The molecule has 0 amide bonds. The predicted molar refractivity (Wildman–Crippen MR) is 33.8 cm³/mol. The number of carbonyl (C=O) groups is 1. The highest BCUT2D eigenvalue weighted by atomic mass is 35.5. The number of hydrogen-bond acceptors (Lipinski definition) is 2. The summed E-state index contributed by atoms with van der Waals surface area (Å²) >= 11 is 0. The van der Waals surface area contributed by atoms with E-state index >= 15 is 0 Å². The molecule has 0 bridgehead atoms. The number of halogens is 1. The Balaban J connectivity index is 0.000000640. The average Bonchev–Trinajstić information content (AvgIpc) is 2.12. The summed E-state index contributed by atoms with van der Waals surface area (Å²) in [6, 6.07) is 0. The van der Waals surface area contributed by atoms with Gasteiger partial charge >= 0.3 is 5.97 Å². The minimum absolute atomic E-state index is 0. The van der Waals surface area contributed by atoms with E-state index in [4.69, 9.17) is 9.84 Å². The molecule has 0 aromatic carbocycles. The van der Waals surface area contributed by atoms with Crippen LogP contribution in [0.15, 0.2) is 0 Å². The molecule has 1 heterocycles. The van der Waals surface area contributed by atoms with Crippen molar-refractivity contribution in [1.82, 2.24) is 0 Å². The number of carboxylic acids is 1. The molecular weight excluding hydrogens is 144 g/mol. The molecule has 4 heteroatoms. The van der Waals surface area contributed by atoms with Gasteiger partial charge in [-0.25, -0.2) is 0 Å². The van der Waals surface area contributed by atoms with Crippen LogP contribution in [0.2, 0.25) is 0 Å². The Morgan fingerprint density at radius 1 is 1.67 bits per heavy atom. The number of rotatable bonds is 1. The van der Waals surface area contributed by atoms with Crippen molar-refractivity contribution < 1.29 is 14.6 Å². The van der Waals surface area contributed by atoms with Gasteiger partial charge < -0.3 is 9.84 Å². The fourth-order valence-electron chi connectivity index (χ4n) is 0.729. The Morgan fingerprint density at radius 2 is 2.33 bits per heavy atom. The van der Waals surface area contributed by atoms with E-state index in [9.17, 15) is 4.79 Å². The third-order valence-electron chi connectivity index (χ3n) is 1.28. The van der Waals surface area contributed by atoms with Crippen LogP contribution in [0, 0.1) is 5.92 Å². The predicted octanol–water partition coefficient (Wildman–Crippen LogP) is 0.529. The molecule has 0 spiro atoms. The zero-order valence-corrected chi connectivity index (χ0v) is 5.69. The van der Waals surface area contributed by atoms with Gasteiger partial charge in [0.05, 0.1) is 12.5 Å². The van der Waals surface area contributed by atoms with E-state index in [1.165, 1.54) is 0 Å². The molecule has 1 unspecified atom stereocenters. The Kier molecular flexibility index (Phi) is 3.58. The number of hydrogen-bond donors (Lipinski definition) is 1. The van der Waals surface area contributed by atoms with Gasteiger partial charge in [-0.15, -0.1) is 12.4 Å². The molecule has 1 saturated heterocycles. The van der Waals surface area contributed by atoms with E-state index in [1.807, 2.05) is 0 Å². The molecule has 1 atom stereocenters. The number of aliphatic carboxylic acids is 1. The summed E-state index contributed by atoms with van der Waals surface area (Å²) in [5.74, 6) is -0.975. The van der Waals surface area contributed by atoms with Crippen molar-refractivity contribution in [1.29, 1.82) is 0 Å². The smallest absolute Gasteiger partial charge is 0.308 e. The van der Waals surface area contributed by atoms with Crippen LogP contribution in [-0.2, 0) is 9.53 Å². The molecule has 1 aliphatic rings. The Hall–Kier alpha value is -0.280. The second-order valence-electron chi connectivity index (χ2n) is 1.90. The Morgan fingerprint density at radius 3 is 2.56 bits per heavy atom. The SMILES string of the molecule is Cl.O=C(O)C1CCOC1. The van der Waals surface area contributed by atoms with E-state index in [0.29, 0.717) is 19.6 Å². The van der Waals surface area contributed by atoms with Gasteiger partial charge in [0.25, 0.3) is 0 Å². The van der Waals surface area contributed by atoms with Crippen molar-refractivity contribution in [3.05, 3.63) is 0 Å². The Bertz CT molecular complexity index is 98.4. The van der Waals surface area contributed by atoms with Crippen molar-refractivity contribution in [3.8, 4) is 0 Å². The minimum atomic E-state index is -0.734. The van der Waals surface area contributed by atoms with Crippen LogP contribution in [0.5, 0.6) is 0 Å². The summed E-state index contributed by atoms with van der Waals surface area (Å²) in [5, 5.41) is 8.33. The zero-order chi connectivity index (χ0) is 5.98. The summed E-state index contributed by atoms with van der Waals surface area (Å²) in [7, 11) is 0. The largest absolute Gasteiger partial charge is 0.481 e. The van der Waals surface area contributed by atoms with Gasteiger partial charge in [-0.3, -0.25) is 4.79 Å². The van der Waals surface area contributed by atoms with E-state index in [1.54, 1.807) is 0 Å². The fourth-order valence-corrected chi connectivity index (χ4v) is 0.729. The van der Waals surface area contributed by atoms with Crippen LogP contribution in [-0.4, -0.2) is 24.3 Å². The van der Waals surface area contributed by atoms with Gasteiger partial charge in [0.1, 0.15) is 0 Å². The third kappa shape index (κ3) is 2.20. The topological polar surface area (TPSA) is 46.5 Å². The molecule has 0 aromatic rings. The van der Waals surface area contributed by atoms with Crippen molar-refractivity contribution in [2.75, 3.05) is 13.2 Å². The molecule has 3 nitrogen and oxygen atoms in total. The summed E-state index contributed by atoms with van der Waals surface area (Å²) in [6.45, 7) is 1.01. The molecule has 1 rings (SSSR count). The normalized spacial score (nSPS) is 25.1. The van der Waals surface area contributed by atoms with Crippen LogP contribution in [0.1, 0.15) is 6.42 Å². The van der Waals surface area contributed by atoms with Gasteiger partial charge in [0, 0.05) is 6.61 Å². The monoisotopic (exact) mass is 152 g/mol. The van der Waals surface area contributed by atoms with Crippen LogP contribution in [0.3, 0.4) is 0 Å². The minimum Gasteiger partial charge on any atom is -0.481 e. The van der Waals surface area contributed by atoms with Crippen molar-refractivity contribution in [2.45, 2.75) is 6.42 Å². The van der Waals surface area contributed by atoms with E-state index in [-0.39, 0.29) is 18.3 Å². The molecule has 1 N–H and O–H groups in total. The maximum atomic E-state index is 10.1. The first-order chi connectivity index (χ1) is 3.80. The third-order valence-corrected chi connectivity index (χ3v) is 1.28. The first kappa shape index (κ1) is 8.72. The van der Waals surface area contributed by atoms with Gasteiger partial charge in [0.15, 0.2) is 0 Å². The summed E-state index contributed by atoms with van der Waals surface area (Å²) in [4.78, 5) is 10.1. The quantitative estimate of drug-likeness (QED) is 0.596. The summed E-state index contributed by atoms with van der Waals surface area (Å²) < 4.78 is 4.84. The lowest BCUT2D eigenvalue weighted by molar-refractivity contribution is -0.141. The van der Waals surface area contributed by atoms with E-state index in [2.05, 4.69) is 0 Å². The molecule has 0 aromatic heterocycles. The van der Waals surface area contributed by atoms with Crippen molar-refractivity contribution in [2.24, 2.45) is 5.92 Å². The molecule has 1 fully saturated rings. The Labute approximate surface area is 59.4 Å². The molecule has 0 radical (unpaired) electrons. The highest BCUT2D eigenvalue weighted by Gasteiger charge is 2.21. The number of carboxylic acid groups (broad SMARTS) is 1. The summed E-state index contributed by atoms with van der Waals surface area (Å²) in [5.41, 5.74) is 0. The van der Waals surface area contributed by atoms with E-state index < -0.39 is 5.97 Å². The average molecular weight is 153 g/mol. The maximum absolute atomic E-state index is 10.1. The molecule has 0 saturated carbocycles. The van der Waals surface area contributed by atoms with Crippen molar-refractivity contribution in [3.63, 3.8) is 0 Å². The fraction of sp³-hybridized carbons (Fsp3) is 0.800. The first-order valence-electron chi connectivity index (χ1n) is 2.61. The molecule has 1 aliphatic heterocycles. The van der Waals surface area contributed by atoms with Crippen molar-refractivity contribution >= 4 is 18.4 Å². The molecular formula is C5H9ClO3. The lowest BCUT2D eigenvalue weighted by Crippen LogP contribution is -2.12. The maximum Gasteiger partial charge on any atom is 0.308 e. The molecule has 54 valence electrons. The van der Waals surface area contributed by atoms with Crippen LogP contribution in [0.4, 0.5) is 0 Å². The number of ether oxygens (including phenoxy) is 1. The van der Waals surface area contributed by atoms with Crippen LogP contribution < -0.4 is 0 Å². The zero-order valence-electron chi connectivity index (χ0n) is 4.87. The second kappa shape index (κ2) is 3.69. The first-order valence-corrected chi connectivity index (χ1v) is 2.61. The van der Waals surface area contributed by atoms with Gasteiger partial charge in [-0.1, -0.05) is 0 Å². The highest BCUT2D eigenvalue weighted by Crippen LogP contribution is 2.11. The second-order valence-corrected chi connectivity index (χ2v) is 1.90. The van der Waals surface area contributed by atoms with Gasteiger partial charge in [-0.2, -0.15) is 0 Å².